The summed E-state index contributed by atoms with van der Waals surface area (Å²) in [5.74, 6) is 0.578. The lowest BCUT2D eigenvalue weighted by Gasteiger charge is -2.35. The Balaban J connectivity index is 2.21. The number of nitrogens with zero attached hydrogens (tertiary/aromatic N) is 2. The molecule has 4 heteroatoms. The second-order valence-electron chi connectivity index (χ2n) is 4.20. The number of anilines is 1. The molecule has 1 aliphatic heterocycles. The van der Waals surface area contributed by atoms with Crippen LogP contribution in [-0.4, -0.2) is 38.1 Å². The summed E-state index contributed by atoms with van der Waals surface area (Å²) in [4.78, 5) is 4.78. The predicted octanol–water partition coefficient (Wildman–Crippen LogP) is 2.94. The molecule has 0 atom stereocenters. The molecule has 16 heavy (non-hydrogen) atoms. The highest BCUT2D eigenvalue weighted by molar-refractivity contribution is 9.10. The predicted molar refractivity (Wildman–Crippen MR) is 73.4 cm³/mol. The van der Waals surface area contributed by atoms with Gasteiger partial charge in [0.15, 0.2) is 0 Å². The van der Waals surface area contributed by atoms with Crippen LogP contribution < -0.4 is 4.90 Å². The van der Waals surface area contributed by atoms with Crippen LogP contribution in [-0.2, 0) is 5.88 Å². The first kappa shape index (κ1) is 12.2. The van der Waals surface area contributed by atoms with Crippen LogP contribution in [0.2, 0.25) is 0 Å². The number of halogens is 2. The summed E-state index contributed by atoms with van der Waals surface area (Å²) in [7, 11) is 2.17. The highest BCUT2D eigenvalue weighted by Gasteiger charge is 2.16. The van der Waals surface area contributed by atoms with E-state index < -0.39 is 0 Å². The lowest BCUT2D eigenvalue weighted by Crippen LogP contribution is -2.44. The molecule has 0 bridgehead atoms. The molecule has 88 valence electrons. The number of likely N-dealkylation sites (N-methyl/N-ethyl adjacent to an activating group) is 1. The molecule has 1 fully saturated rings. The number of alkyl halides is 1. The molecule has 1 saturated heterocycles. The van der Waals surface area contributed by atoms with Crippen LogP contribution in [0.4, 0.5) is 5.69 Å². The van der Waals surface area contributed by atoms with E-state index in [4.69, 9.17) is 11.6 Å². The van der Waals surface area contributed by atoms with E-state index in [2.05, 4.69) is 51.0 Å². The maximum atomic E-state index is 5.98. The zero-order chi connectivity index (χ0) is 11.5. The summed E-state index contributed by atoms with van der Waals surface area (Å²) in [5, 5.41) is 0. The summed E-state index contributed by atoms with van der Waals surface area (Å²) in [5.41, 5.74) is 2.49. The number of piperazine rings is 1. The molecule has 0 aliphatic carbocycles. The first-order valence-electron chi connectivity index (χ1n) is 5.48. The van der Waals surface area contributed by atoms with Gasteiger partial charge in [-0.15, -0.1) is 11.6 Å². The Kier molecular flexibility index (Phi) is 4.11. The summed E-state index contributed by atoms with van der Waals surface area (Å²) in [6.07, 6.45) is 0. The number of benzene rings is 1. The molecule has 2 nitrogen and oxygen atoms in total. The first-order chi connectivity index (χ1) is 7.70. The molecule has 2 rings (SSSR count). The minimum atomic E-state index is 0.578. The van der Waals surface area contributed by atoms with Crippen molar-refractivity contribution in [1.29, 1.82) is 0 Å². The fourth-order valence-electron chi connectivity index (χ4n) is 1.99. The Morgan fingerprint density at radius 3 is 2.56 bits per heavy atom. The summed E-state index contributed by atoms with van der Waals surface area (Å²) < 4.78 is 1.12. The molecule has 0 saturated carbocycles. The van der Waals surface area contributed by atoms with E-state index >= 15 is 0 Å². The van der Waals surface area contributed by atoms with E-state index in [-0.39, 0.29) is 0 Å². The smallest absolute Gasteiger partial charge is 0.0494 e. The highest BCUT2D eigenvalue weighted by Crippen LogP contribution is 2.27. The van der Waals surface area contributed by atoms with Crippen molar-refractivity contribution in [3.63, 3.8) is 0 Å². The molecule has 0 spiro atoms. The second-order valence-corrected chi connectivity index (χ2v) is 5.38. The van der Waals surface area contributed by atoms with Crippen molar-refractivity contribution < 1.29 is 0 Å². The van der Waals surface area contributed by atoms with Crippen LogP contribution in [0.1, 0.15) is 5.56 Å². The maximum absolute atomic E-state index is 5.98. The third kappa shape index (κ3) is 2.70. The van der Waals surface area contributed by atoms with Gasteiger partial charge in [-0.25, -0.2) is 0 Å². The monoisotopic (exact) mass is 302 g/mol. The molecule has 1 heterocycles. The van der Waals surface area contributed by atoms with Gasteiger partial charge in [-0.05, 0) is 24.7 Å². The summed E-state index contributed by atoms with van der Waals surface area (Å²) in [6, 6.07) is 6.32. The zero-order valence-electron chi connectivity index (χ0n) is 9.42. The van der Waals surface area contributed by atoms with Gasteiger partial charge >= 0.3 is 0 Å². The van der Waals surface area contributed by atoms with Crippen LogP contribution in [0.3, 0.4) is 0 Å². The van der Waals surface area contributed by atoms with Crippen LogP contribution in [0.15, 0.2) is 22.7 Å². The van der Waals surface area contributed by atoms with E-state index in [9.17, 15) is 0 Å². The van der Waals surface area contributed by atoms with Crippen molar-refractivity contribution in [3.8, 4) is 0 Å². The van der Waals surface area contributed by atoms with Crippen molar-refractivity contribution in [2.24, 2.45) is 0 Å². The van der Waals surface area contributed by atoms with Gasteiger partial charge in [0, 0.05) is 42.2 Å². The molecule has 1 aliphatic rings. The Hall–Kier alpha value is -0.250. The van der Waals surface area contributed by atoms with Crippen molar-refractivity contribution in [1.82, 2.24) is 4.90 Å². The molecular formula is C12H16BrClN2. The zero-order valence-corrected chi connectivity index (χ0v) is 11.8. The van der Waals surface area contributed by atoms with E-state index in [1.54, 1.807) is 0 Å². The van der Waals surface area contributed by atoms with Gasteiger partial charge in [-0.2, -0.15) is 0 Å². The van der Waals surface area contributed by atoms with Crippen molar-refractivity contribution in [2.75, 3.05) is 38.1 Å². The van der Waals surface area contributed by atoms with Crippen LogP contribution in [0.25, 0.3) is 0 Å². The quantitative estimate of drug-likeness (QED) is 0.775. The third-order valence-corrected chi connectivity index (χ3v) is 3.82. The minimum absolute atomic E-state index is 0.578. The van der Waals surface area contributed by atoms with Crippen molar-refractivity contribution >= 4 is 33.2 Å². The lowest BCUT2D eigenvalue weighted by molar-refractivity contribution is 0.312. The van der Waals surface area contributed by atoms with E-state index in [1.165, 1.54) is 11.3 Å². The topological polar surface area (TPSA) is 6.48 Å². The number of hydrogen-bond acceptors (Lipinski definition) is 2. The number of hydrogen-bond donors (Lipinski definition) is 0. The SMILES string of the molecule is CN1CCN(c2cc(Br)ccc2CCl)CC1. The molecular weight excluding hydrogens is 288 g/mol. The van der Waals surface area contributed by atoms with Crippen molar-refractivity contribution in [3.05, 3.63) is 28.2 Å². The van der Waals surface area contributed by atoms with Gasteiger partial charge < -0.3 is 9.80 Å². The van der Waals surface area contributed by atoms with Crippen LogP contribution in [0.5, 0.6) is 0 Å². The standard InChI is InChI=1S/C12H16BrClN2/c1-15-4-6-16(7-5-15)12-8-11(13)3-2-10(12)9-14/h2-3,8H,4-7,9H2,1H3. The van der Waals surface area contributed by atoms with Gasteiger partial charge in [0.2, 0.25) is 0 Å². The Morgan fingerprint density at radius 2 is 1.94 bits per heavy atom. The van der Waals surface area contributed by atoms with Crippen LogP contribution >= 0.6 is 27.5 Å². The molecule has 0 radical (unpaired) electrons. The van der Waals surface area contributed by atoms with Crippen LogP contribution in [0, 0.1) is 0 Å². The van der Waals surface area contributed by atoms with E-state index in [0.717, 1.165) is 30.7 Å². The highest BCUT2D eigenvalue weighted by atomic mass is 79.9. The average Bonchev–Trinajstić information content (AvgIpc) is 2.30. The fourth-order valence-corrected chi connectivity index (χ4v) is 2.57. The third-order valence-electron chi connectivity index (χ3n) is 3.04. The van der Waals surface area contributed by atoms with Gasteiger partial charge in [0.1, 0.15) is 0 Å². The Morgan fingerprint density at radius 1 is 1.25 bits per heavy atom. The molecule has 0 amide bonds. The minimum Gasteiger partial charge on any atom is -0.369 e. The average molecular weight is 304 g/mol. The Bertz CT molecular complexity index is 362. The van der Waals surface area contributed by atoms with E-state index in [0.29, 0.717) is 5.88 Å². The fraction of sp³-hybridized carbons (Fsp3) is 0.500. The second kappa shape index (κ2) is 5.39. The Labute approximate surface area is 110 Å². The largest absolute Gasteiger partial charge is 0.369 e. The molecule has 1 aromatic carbocycles. The molecule has 0 unspecified atom stereocenters. The lowest BCUT2D eigenvalue weighted by atomic mass is 10.1. The normalized spacial score (nSPS) is 17.8. The van der Waals surface area contributed by atoms with Gasteiger partial charge in [-0.1, -0.05) is 22.0 Å². The first-order valence-corrected chi connectivity index (χ1v) is 6.81. The van der Waals surface area contributed by atoms with E-state index in [1.807, 2.05) is 0 Å². The van der Waals surface area contributed by atoms with Gasteiger partial charge in [0.05, 0.1) is 0 Å². The maximum Gasteiger partial charge on any atom is 0.0494 e. The molecule has 1 aromatic rings. The molecule has 0 aromatic heterocycles. The van der Waals surface area contributed by atoms with Crippen molar-refractivity contribution in [2.45, 2.75) is 5.88 Å². The number of rotatable bonds is 2. The summed E-state index contributed by atoms with van der Waals surface area (Å²) in [6.45, 7) is 4.40. The summed E-state index contributed by atoms with van der Waals surface area (Å²) >= 11 is 9.50. The van der Waals surface area contributed by atoms with Gasteiger partial charge in [-0.3, -0.25) is 0 Å². The van der Waals surface area contributed by atoms with Gasteiger partial charge in [0.25, 0.3) is 0 Å². The molecule has 0 N–H and O–H groups in total.